The van der Waals surface area contributed by atoms with Crippen molar-refractivity contribution in [1.82, 2.24) is 19.9 Å². The van der Waals surface area contributed by atoms with Crippen molar-refractivity contribution >= 4 is 34.3 Å². The largest absolute Gasteiger partial charge is 0.438 e. The van der Waals surface area contributed by atoms with E-state index < -0.39 is 12.1 Å². The van der Waals surface area contributed by atoms with Crippen molar-refractivity contribution in [2.24, 2.45) is 0 Å². The Bertz CT molecular complexity index is 1570. The Balaban J connectivity index is 1.37. The molecule has 2 aromatic heterocycles. The number of nitrogens with zero attached hydrogens (tertiary/aromatic N) is 3. The predicted octanol–water partition coefficient (Wildman–Crippen LogP) is 6.13. The number of benzene rings is 3. The van der Waals surface area contributed by atoms with Crippen LogP contribution >= 0.6 is 11.6 Å². The fourth-order valence-electron chi connectivity index (χ4n) is 4.68. The zero-order valence-electron chi connectivity index (χ0n) is 19.6. The fourth-order valence-corrected chi connectivity index (χ4v) is 4.85. The molecule has 0 fully saturated rings. The van der Waals surface area contributed by atoms with Gasteiger partial charge in [-0.25, -0.2) is 9.78 Å². The summed E-state index contributed by atoms with van der Waals surface area (Å²) in [5, 5.41) is 1.73. The normalized spacial score (nSPS) is 14.8. The standard InChI is InChI=1S/C28H22ClN5O3/c29-18-3-10-24-23(15-18)22-11-14-34(28(35)37-21-8-4-19(30)5-9-21)27(26(22)33-24)17-1-6-20(7-2-17)36-25-16-31-12-13-32-25/h1-10,12-13,15-16,27,33H,11,14,30H2/t27-/m0/s1. The molecular formula is C28H22ClN5O3. The van der Waals surface area contributed by atoms with Crippen LogP contribution in [0.2, 0.25) is 5.02 Å². The van der Waals surface area contributed by atoms with Crippen LogP contribution in [0, 0.1) is 0 Å². The fraction of sp³-hybridized carbons (Fsp3) is 0.107. The maximum atomic E-state index is 13.4. The van der Waals surface area contributed by atoms with Gasteiger partial charge in [0.2, 0.25) is 5.88 Å². The highest BCUT2D eigenvalue weighted by atomic mass is 35.5. The molecule has 3 heterocycles. The lowest BCUT2D eigenvalue weighted by atomic mass is 9.92. The lowest BCUT2D eigenvalue weighted by Gasteiger charge is -2.35. The van der Waals surface area contributed by atoms with Gasteiger partial charge >= 0.3 is 6.09 Å². The number of nitrogen functional groups attached to an aromatic ring is 1. The summed E-state index contributed by atoms with van der Waals surface area (Å²) in [4.78, 5) is 26.9. The quantitative estimate of drug-likeness (QED) is 0.281. The topological polar surface area (TPSA) is 106 Å². The highest BCUT2D eigenvalue weighted by molar-refractivity contribution is 6.31. The molecule has 184 valence electrons. The van der Waals surface area contributed by atoms with Gasteiger partial charge in [0.1, 0.15) is 17.5 Å². The van der Waals surface area contributed by atoms with Gasteiger partial charge in [-0.15, -0.1) is 0 Å². The highest BCUT2D eigenvalue weighted by Gasteiger charge is 2.35. The molecule has 1 aliphatic heterocycles. The molecule has 0 saturated heterocycles. The summed E-state index contributed by atoms with van der Waals surface area (Å²) in [6.07, 6.45) is 4.92. The van der Waals surface area contributed by atoms with Gasteiger partial charge in [0.05, 0.1) is 6.20 Å². The average molecular weight is 512 g/mol. The van der Waals surface area contributed by atoms with Gasteiger partial charge in [0, 0.05) is 46.2 Å². The van der Waals surface area contributed by atoms with Crippen molar-refractivity contribution in [3.05, 3.63) is 107 Å². The Labute approximate surface area is 217 Å². The third-order valence-corrected chi connectivity index (χ3v) is 6.60. The SMILES string of the molecule is Nc1ccc(OC(=O)N2CCc3c([nH]c4ccc(Cl)cc34)[C@@H]2c2ccc(Oc3cnccn3)cc2)cc1. The van der Waals surface area contributed by atoms with E-state index in [4.69, 9.17) is 26.8 Å². The van der Waals surface area contributed by atoms with Crippen LogP contribution in [0.15, 0.2) is 85.3 Å². The summed E-state index contributed by atoms with van der Waals surface area (Å²) in [5.74, 6) is 1.44. The maximum absolute atomic E-state index is 13.4. The zero-order chi connectivity index (χ0) is 25.4. The van der Waals surface area contributed by atoms with Crippen LogP contribution in [0.3, 0.4) is 0 Å². The Kier molecular flexibility index (Phi) is 5.86. The number of nitrogens with one attached hydrogen (secondary N) is 1. The van der Waals surface area contributed by atoms with Crippen LogP contribution in [0.4, 0.5) is 10.5 Å². The molecule has 0 saturated carbocycles. The highest BCUT2D eigenvalue weighted by Crippen LogP contribution is 2.40. The molecule has 1 aliphatic rings. The van der Waals surface area contributed by atoms with Gasteiger partial charge in [0.25, 0.3) is 0 Å². The van der Waals surface area contributed by atoms with Gasteiger partial charge in [0.15, 0.2) is 0 Å². The van der Waals surface area contributed by atoms with Gasteiger partial charge in [-0.3, -0.25) is 9.88 Å². The van der Waals surface area contributed by atoms with Crippen molar-refractivity contribution in [2.45, 2.75) is 12.5 Å². The first-order valence-electron chi connectivity index (χ1n) is 11.7. The van der Waals surface area contributed by atoms with Gasteiger partial charge < -0.3 is 20.2 Å². The van der Waals surface area contributed by atoms with Gasteiger partial charge in [-0.1, -0.05) is 23.7 Å². The number of aromatic amines is 1. The third kappa shape index (κ3) is 4.54. The van der Waals surface area contributed by atoms with Crippen LogP contribution in [-0.4, -0.2) is 32.5 Å². The van der Waals surface area contributed by atoms with E-state index in [9.17, 15) is 4.79 Å². The summed E-state index contributed by atoms with van der Waals surface area (Å²) in [5.41, 5.74) is 10.3. The number of aromatic nitrogens is 3. The number of halogens is 1. The molecule has 1 amide bonds. The van der Waals surface area contributed by atoms with E-state index in [0.717, 1.165) is 27.7 Å². The molecule has 5 aromatic rings. The minimum Gasteiger partial charge on any atom is -0.438 e. The lowest BCUT2D eigenvalue weighted by Crippen LogP contribution is -2.42. The number of amides is 1. The monoisotopic (exact) mass is 511 g/mol. The number of ether oxygens (including phenoxy) is 2. The van der Waals surface area contributed by atoms with Crippen LogP contribution in [0.1, 0.15) is 22.9 Å². The first kappa shape index (κ1) is 22.9. The van der Waals surface area contributed by atoms with Crippen molar-refractivity contribution in [3.63, 3.8) is 0 Å². The lowest BCUT2D eigenvalue weighted by molar-refractivity contribution is 0.135. The van der Waals surface area contributed by atoms with Crippen molar-refractivity contribution < 1.29 is 14.3 Å². The number of hydrogen-bond donors (Lipinski definition) is 2. The van der Waals surface area contributed by atoms with Crippen molar-refractivity contribution in [2.75, 3.05) is 12.3 Å². The van der Waals surface area contributed by atoms with Crippen LogP contribution in [0.5, 0.6) is 17.4 Å². The van der Waals surface area contributed by atoms with E-state index in [1.807, 2.05) is 42.5 Å². The third-order valence-electron chi connectivity index (χ3n) is 6.37. The average Bonchev–Trinajstić information content (AvgIpc) is 3.28. The molecule has 0 radical (unpaired) electrons. The molecule has 9 heteroatoms. The van der Waals surface area contributed by atoms with E-state index in [-0.39, 0.29) is 0 Å². The predicted molar refractivity (Wildman–Crippen MR) is 141 cm³/mol. The summed E-state index contributed by atoms with van der Waals surface area (Å²) in [6, 6.07) is 19.7. The molecule has 6 rings (SSSR count). The first-order valence-corrected chi connectivity index (χ1v) is 12.1. The van der Waals surface area contributed by atoms with Crippen LogP contribution < -0.4 is 15.2 Å². The molecule has 37 heavy (non-hydrogen) atoms. The number of H-pyrrole nitrogens is 1. The summed E-state index contributed by atoms with van der Waals surface area (Å²) >= 11 is 6.31. The molecular weight excluding hydrogens is 490 g/mol. The maximum Gasteiger partial charge on any atom is 0.416 e. The number of nitrogens with two attached hydrogens (primary N) is 1. The Morgan fingerprint density at radius 2 is 1.81 bits per heavy atom. The van der Waals surface area contributed by atoms with Gasteiger partial charge in [-0.2, -0.15) is 0 Å². The van der Waals surface area contributed by atoms with E-state index in [1.54, 1.807) is 47.8 Å². The second-order valence-corrected chi connectivity index (χ2v) is 9.14. The molecule has 8 nitrogen and oxygen atoms in total. The summed E-state index contributed by atoms with van der Waals surface area (Å²) in [7, 11) is 0. The second-order valence-electron chi connectivity index (χ2n) is 8.70. The molecule has 0 bridgehead atoms. The number of carbonyl (C=O) groups excluding carboxylic acids is 1. The molecule has 1 atom stereocenters. The van der Waals surface area contributed by atoms with Crippen molar-refractivity contribution in [1.29, 1.82) is 0 Å². The van der Waals surface area contributed by atoms with E-state index >= 15 is 0 Å². The second kappa shape index (κ2) is 9.48. The molecule has 3 aromatic carbocycles. The smallest absolute Gasteiger partial charge is 0.416 e. The first-order chi connectivity index (χ1) is 18.0. The summed E-state index contributed by atoms with van der Waals surface area (Å²) < 4.78 is 11.5. The minimum absolute atomic E-state index is 0.399. The minimum atomic E-state index is -0.447. The zero-order valence-corrected chi connectivity index (χ0v) is 20.4. The summed E-state index contributed by atoms with van der Waals surface area (Å²) in [6.45, 7) is 0.475. The van der Waals surface area contributed by atoms with Crippen molar-refractivity contribution in [3.8, 4) is 17.4 Å². The number of fused-ring (bicyclic) bond motifs is 3. The molecule has 0 unspecified atom stereocenters. The number of carbonyl (C=O) groups is 1. The number of rotatable bonds is 4. The molecule has 0 aliphatic carbocycles. The van der Waals surface area contributed by atoms with E-state index in [2.05, 4.69) is 15.0 Å². The van der Waals surface area contributed by atoms with Crippen LogP contribution in [-0.2, 0) is 6.42 Å². The Morgan fingerprint density at radius 1 is 1.03 bits per heavy atom. The number of anilines is 1. The Hall–Kier alpha value is -4.56. The molecule has 3 N–H and O–H groups in total. The van der Waals surface area contributed by atoms with E-state index in [1.165, 1.54) is 0 Å². The molecule has 0 spiro atoms. The van der Waals surface area contributed by atoms with Gasteiger partial charge in [-0.05, 0) is 72.1 Å². The van der Waals surface area contributed by atoms with E-state index in [0.29, 0.717) is 41.1 Å². The Morgan fingerprint density at radius 3 is 2.57 bits per heavy atom. The number of hydrogen-bond acceptors (Lipinski definition) is 6. The van der Waals surface area contributed by atoms with Crippen LogP contribution in [0.25, 0.3) is 10.9 Å².